The number of nitrogens with one attached hydrogen (secondary N) is 1. The Bertz CT molecular complexity index is 498. The Hall–Kier alpha value is -1.95. The fourth-order valence-electron chi connectivity index (χ4n) is 2.45. The molecule has 0 aromatic heterocycles. The Kier molecular flexibility index (Phi) is 3.64. The molecular weight excluding hydrogens is 262 g/mol. The summed E-state index contributed by atoms with van der Waals surface area (Å²) in [6.45, 7) is 1.75. The summed E-state index contributed by atoms with van der Waals surface area (Å²) in [5, 5.41) is 2.63. The second-order valence-electron chi connectivity index (χ2n) is 4.76. The summed E-state index contributed by atoms with van der Waals surface area (Å²) >= 11 is 0. The molecule has 0 bridgehead atoms. The lowest BCUT2D eigenvalue weighted by molar-refractivity contribution is 0.133. The summed E-state index contributed by atoms with van der Waals surface area (Å²) < 4.78 is 21.9. The van der Waals surface area contributed by atoms with Gasteiger partial charge in [0.05, 0.1) is 26.9 Å². The quantitative estimate of drug-likeness (QED) is 0.907. The van der Waals surface area contributed by atoms with E-state index in [0.29, 0.717) is 24.7 Å². The van der Waals surface area contributed by atoms with Crippen molar-refractivity contribution in [1.29, 1.82) is 0 Å². The predicted octanol–water partition coefficient (Wildman–Crippen LogP) is 1.64. The topological polar surface area (TPSA) is 66.0 Å². The van der Waals surface area contributed by atoms with Crippen molar-refractivity contribution in [2.24, 2.45) is 0 Å². The first kappa shape index (κ1) is 13.1. The van der Waals surface area contributed by atoms with Crippen LogP contribution >= 0.6 is 0 Å². The van der Waals surface area contributed by atoms with Crippen LogP contribution in [0.2, 0.25) is 0 Å². The van der Waals surface area contributed by atoms with E-state index in [4.69, 9.17) is 18.9 Å². The van der Waals surface area contributed by atoms with Gasteiger partial charge in [0.25, 0.3) is 0 Å². The molecular formula is C14H17NO5. The number of methoxy groups -OCH3 is 1. The van der Waals surface area contributed by atoms with Crippen LogP contribution in [0.5, 0.6) is 11.5 Å². The smallest absolute Gasteiger partial charge is 0.407 e. The Morgan fingerprint density at radius 3 is 2.95 bits per heavy atom. The van der Waals surface area contributed by atoms with Gasteiger partial charge in [0.15, 0.2) is 11.5 Å². The minimum Gasteiger partial charge on any atom is -0.492 e. The van der Waals surface area contributed by atoms with Crippen molar-refractivity contribution in [2.45, 2.75) is 18.6 Å². The van der Waals surface area contributed by atoms with E-state index in [1.807, 2.05) is 18.2 Å². The molecule has 0 saturated carbocycles. The van der Waals surface area contributed by atoms with Crippen molar-refractivity contribution in [3.05, 3.63) is 23.8 Å². The molecule has 6 heteroatoms. The lowest BCUT2D eigenvalue weighted by atomic mass is 10.1. The second-order valence-corrected chi connectivity index (χ2v) is 4.76. The number of benzene rings is 1. The van der Waals surface area contributed by atoms with Crippen molar-refractivity contribution < 1.29 is 23.7 Å². The molecule has 1 aromatic carbocycles. The van der Waals surface area contributed by atoms with Crippen LogP contribution in [-0.2, 0) is 9.47 Å². The first-order valence-electron chi connectivity index (χ1n) is 6.63. The summed E-state index contributed by atoms with van der Waals surface area (Å²) in [5.41, 5.74) is 0.808. The number of cyclic esters (lactones) is 1. The molecule has 2 heterocycles. The lowest BCUT2D eigenvalue weighted by Crippen LogP contribution is -2.17. The molecule has 2 aliphatic heterocycles. The molecule has 108 valence electrons. The number of carbonyl (C=O) groups is 1. The molecule has 0 radical (unpaired) electrons. The monoisotopic (exact) mass is 279 g/mol. The number of rotatable bonds is 4. The van der Waals surface area contributed by atoms with Gasteiger partial charge in [-0.25, -0.2) is 4.79 Å². The number of hydrogen-bond acceptors (Lipinski definition) is 5. The van der Waals surface area contributed by atoms with Crippen molar-refractivity contribution in [3.8, 4) is 11.5 Å². The maximum Gasteiger partial charge on any atom is 0.407 e. The minimum absolute atomic E-state index is 0.0448. The Balaban J connectivity index is 1.84. The highest BCUT2D eigenvalue weighted by Crippen LogP contribution is 2.38. The van der Waals surface area contributed by atoms with E-state index >= 15 is 0 Å². The van der Waals surface area contributed by atoms with E-state index in [0.717, 1.165) is 18.6 Å². The van der Waals surface area contributed by atoms with Crippen LogP contribution in [0, 0.1) is 0 Å². The van der Waals surface area contributed by atoms with Gasteiger partial charge in [0.2, 0.25) is 0 Å². The van der Waals surface area contributed by atoms with E-state index < -0.39 is 6.09 Å². The van der Waals surface area contributed by atoms with Crippen LogP contribution in [0.3, 0.4) is 0 Å². The van der Waals surface area contributed by atoms with Gasteiger partial charge in [0, 0.05) is 12.0 Å². The van der Waals surface area contributed by atoms with Gasteiger partial charge >= 0.3 is 6.09 Å². The number of alkyl carbamates (subject to hydrolysis) is 1. The van der Waals surface area contributed by atoms with E-state index in [-0.39, 0.29) is 12.2 Å². The number of para-hydroxylation sites is 1. The highest BCUT2D eigenvalue weighted by molar-refractivity contribution is 5.70. The highest BCUT2D eigenvalue weighted by Gasteiger charge is 2.29. The van der Waals surface area contributed by atoms with Crippen LogP contribution in [-0.4, -0.2) is 39.1 Å². The summed E-state index contributed by atoms with van der Waals surface area (Å²) in [4.78, 5) is 11.2. The standard InChI is InChI=1S/C14H17NO5/c1-17-13-10(12-7-15-14(16)20-12)3-2-4-11(13)19-9-5-6-18-8-9/h2-4,9,12H,5-8H2,1H3,(H,15,16). The van der Waals surface area contributed by atoms with Crippen molar-refractivity contribution in [1.82, 2.24) is 5.32 Å². The zero-order valence-corrected chi connectivity index (χ0v) is 11.3. The molecule has 2 unspecified atom stereocenters. The maximum atomic E-state index is 11.2. The van der Waals surface area contributed by atoms with E-state index in [9.17, 15) is 4.79 Å². The zero-order chi connectivity index (χ0) is 13.9. The molecule has 0 spiro atoms. The molecule has 2 saturated heterocycles. The third kappa shape index (κ3) is 2.51. The van der Waals surface area contributed by atoms with Gasteiger partial charge in [-0.15, -0.1) is 0 Å². The molecule has 1 amide bonds. The SMILES string of the molecule is COc1c(OC2CCOC2)cccc1C1CNC(=O)O1. The zero-order valence-electron chi connectivity index (χ0n) is 11.3. The summed E-state index contributed by atoms with van der Waals surface area (Å²) in [5.74, 6) is 1.27. The van der Waals surface area contributed by atoms with E-state index in [1.54, 1.807) is 7.11 Å². The van der Waals surface area contributed by atoms with Gasteiger partial charge in [-0.3, -0.25) is 0 Å². The van der Waals surface area contributed by atoms with Crippen LogP contribution in [0.25, 0.3) is 0 Å². The van der Waals surface area contributed by atoms with Crippen molar-refractivity contribution in [2.75, 3.05) is 26.9 Å². The van der Waals surface area contributed by atoms with Gasteiger partial charge in [-0.05, 0) is 6.07 Å². The first-order chi connectivity index (χ1) is 9.78. The molecule has 3 rings (SSSR count). The fraction of sp³-hybridized carbons (Fsp3) is 0.500. The van der Waals surface area contributed by atoms with Gasteiger partial charge in [0.1, 0.15) is 12.2 Å². The van der Waals surface area contributed by atoms with Crippen LogP contribution in [0.15, 0.2) is 18.2 Å². The lowest BCUT2D eigenvalue weighted by Gasteiger charge is -2.19. The molecule has 20 heavy (non-hydrogen) atoms. The third-order valence-corrected chi connectivity index (χ3v) is 3.42. The Morgan fingerprint density at radius 1 is 1.40 bits per heavy atom. The molecule has 6 nitrogen and oxygen atoms in total. The summed E-state index contributed by atoms with van der Waals surface area (Å²) in [7, 11) is 1.58. The average Bonchev–Trinajstić information content (AvgIpc) is 3.10. The molecule has 2 atom stereocenters. The van der Waals surface area contributed by atoms with Crippen molar-refractivity contribution >= 4 is 6.09 Å². The normalized spacial score (nSPS) is 25.1. The highest BCUT2D eigenvalue weighted by atomic mass is 16.6. The van der Waals surface area contributed by atoms with Crippen LogP contribution in [0.4, 0.5) is 4.79 Å². The largest absolute Gasteiger partial charge is 0.492 e. The van der Waals surface area contributed by atoms with Crippen LogP contribution < -0.4 is 14.8 Å². The minimum atomic E-state index is -0.410. The molecule has 2 fully saturated rings. The summed E-state index contributed by atoms with van der Waals surface area (Å²) in [6, 6.07) is 5.60. The fourth-order valence-corrected chi connectivity index (χ4v) is 2.45. The molecule has 2 aliphatic rings. The molecule has 1 N–H and O–H groups in total. The number of carbonyl (C=O) groups excluding carboxylic acids is 1. The van der Waals surface area contributed by atoms with Gasteiger partial charge < -0.3 is 24.3 Å². The second kappa shape index (κ2) is 5.58. The Morgan fingerprint density at radius 2 is 2.30 bits per heavy atom. The van der Waals surface area contributed by atoms with Crippen LogP contribution in [0.1, 0.15) is 18.1 Å². The first-order valence-corrected chi connectivity index (χ1v) is 6.63. The average molecular weight is 279 g/mol. The number of ether oxygens (including phenoxy) is 4. The predicted molar refractivity (Wildman–Crippen MR) is 70.1 cm³/mol. The van der Waals surface area contributed by atoms with E-state index in [2.05, 4.69) is 5.32 Å². The number of hydrogen-bond donors (Lipinski definition) is 1. The third-order valence-electron chi connectivity index (χ3n) is 3.42. The molecule has 1 aromatic rings. The van der Waals surface area contributed by atoms with Gasteiger partial charge in [-0.1, -0.05) is 12.1 Å². The van der Waals surface area contributed by atoms with Crippen molar-refractivity contribution in [3.63, 3.8) is 0 Å². The molecule has 0 aliphatic carbocycles. The maximum absolute atomic E-state index is 11.2. The Labute approximate surface area is 117 Å². The summed E-state index contributed by atoms with van der Waals surface area (Å²) in [6.07, 6.45) is 0.157. The number of amides is 1. The van der Waals surface area contributed by atoms with E-state index in [1.165, 1.54) is 0 Å². The van der Waals surface area contributed by atoms with Gasteiger partial charge in [-0.2, -0.15) is 0 Å².